The van der Waals surface area contributed by atoms with Crippen LogP contribution in [0.2, 0.25) is 0 Å². The molecule has 0 unspecified atom stereocenters. The summed E-state index contributed by atoms with van der Waals surface area (Å²) in [6, 6.07) is 19.3. The molecule has 152 valence electrons. The normalized spacial score (nSPS) is 15.0. The fourth-order valence-electron chi connectivity index (χ4n) is 3.02. The molecule has 7 heteroatoms. The number of ether oxygens (including phenoxy) is 1. The largest absolute Gasteiger partial charge is 0.497 e. The molecular weight excluding hydrogens is 398 g/mol. The average molecular weight is 420 g/mol. The maximum absolute atomic E-state index is 13.1. The second-order valence-corrected chi connectivity index (χ2v) is 7.74. The lowest BCUT2D eigenvalue weighted by Gasteiger charge is -2.17. The van der Waals surface area contributed by atoms with Crippen LogP contribution in [0, 0.1) is 6.92 Å². The van der Waals surface area contributed by atoms with Crippen LogP contribution in [0.3, 0.4) is 0 Å². The summed E-state index contributed by atoms with van der Waals surface area (Å²) in [5, 5.41) is 4.57. The van der Waals surface area contributed by atoms with Gasteiger partial charge in [-0.3, -0.25) is 9.69 Å². The number of aryl methyl sites for hydroxylation is 1. The molecule has 6 nitrogen and oxygen atoms in total. The van der Waals surface area contributed by atoms with E-state index in [1.807, 2.05) is 67.6 Å². The predicted molar refractivity (Wildman–Crippen MR) is 118 cm³/mol. The number of nitrogens with zero attached hydrogens (tertiary/aromatic N) is 3. The number of methoxy groups -OCH3 is 1. The van der Waals surface area contributed by atoms with Crippen molar-refractivity contribution in [2.24, 2.45) is 4.99 Å². The molecule has 0 saturated carbocycles. The minimum atomic E-state index is -0.120. The summed E-state index contributed by atoms with van der Waals surface area (Å²) in [6.07, 6.45) is 1.80. The Kier molecular flexibility index (Phi) is 5.99. The van der Waals surface area contributed by atoms with E-state index in [0.29, 0.717) is 23.2 Å². The van der Waals surface area contributed by atoms with Crippen molar-refractivity contribution < 1.29 is 14.1 Å². The summed E-state index contributed by atoms with van der Waals surface area (Å²) in [4.78, 5) is 19.5. The quantitative estimate of drug-likeness (QED) is 0.544. The van der Waals surface area contributed by atoms with Crippen molar-refractivity contribution in [1.29, 1.82) is 0 Å². The fraction of sp³-hybridized carbons (Fsp3) is 0.174. The van der Waals surface area contributed by atoms with E-state index in [-0.39, 0.29) is 5.91 Å². The van der Waals surface area contributed by atoms with Gasteiger partial charge < -0.3 is 9.26 Å². The summed E-state index contributed by atoms with van der Waals surface area (Å²) in [7, 11) is 1.62. The van der Waals surface area contributed by atoms with Crippen LogP contribution < -0.4 is 4.74 Å². The molecule has 30 heavy (non-hydrogen) atoms. The van der Waals surface area contributed by atoms with Gasteiger partial charge in [-0.05, 0) is 36.3 Å². The smallest absolute Gasteiger partial charge is 0.278 e. The number of rotatable bonds is 6. The number of hydrogen-bond acceptors (Lipinski definition) is 6. The highest BCUT2D eigenvalue weighted by molar-refractivity contribution is 8.13. The van der Waals surface area contributed by atoms with Gasteiger partial charge in [0.1, 0.15) is 17.2 Å². The zero-order valence-electron chi connectivity index (χ0n) is 16.7. The van der Waals surface area contributed by atoms with Crippen LogP contribution in [-0.2, 0) is 17.1 Å². The van der Waals surface area contributed by atoms with Crippen LogP contribution in [0.15, 0.2) is 75.9 Å². The maximum atomic E-state index is 13.1. The van der Waals surface area contributed by atoms with Crippen LogP contribution in [0.25, 0.3) is 6.08 Å². The van der Waals surface area contributed by atoms with Crippen LogP contribution in [-0.4, -0.2) is 28.2 Å². The summed E-state index contributed by atoms with van der Waals surface area (Å²) >= 11 is 1.46. The minimum absolute atomic E-state index is 0.120. The number of amides is 1. The van der Waals surface area contributed by atoms with Crippen LogP contribution >= 0.6 is 11.8 Å². The van der Waals surface area contributed by atoms with Crippen LogP contribution in [0.1, 0.15) is 22.6 Å². The van der Waals surface area contributed by atoms with E-state index in [1.54, 1.807) is 18.1 Å². The zero-order valence-corrected chi connectivity index (χ0v) is 17.6. The van der Waals surface area contributed by atoms with Crippen molar-refractivity contribution in [3.05, 3.63) is 88.9 Å². The van der Waals surface area contributed by atoms with Crippen molar-refractivity contribution in [2.45, 2.75) is 19.2 Å². The van der Waals surface area contributed by atoms with Crippen molar-refractivity contribution >= 4 is 28.9 Å². The highest BCUT2D eigenvalue weighted by Gasteiger charge is 2.30. The summed E-state index contributed by atoms with van der Waals surface area (Å²) in [5.74, 6) is 1.95. The Morgan fingerprint density at radius 1 is 1.13 bits per heavy atom. The summed E-state index contributed by atoms with van der Waals surface area (Å²) in [5.41, 5.74) is 3.17. The van der Waals surface area contributed by atoms with Gasteiger partial charge in [-0.25, -0.2) is 4.99 Å². The number of hydrogen-bond donors (Lipinski definition) is 0. The maximum Gasteiger partial charge on any atom is 0.278 e. The molecular formula is C23H21N3O3S. The first-order valence-electron chi connectivity index (χ1n) is 9.47. The lowest BCUT2D eigenvalue weighted by Crippen LogP contribution is -2.30. The van der Waals surface area contributed by atoms with E-state index >= 15 is 0 Å². The highest BCUT2D eigenvalue weighted by atomic mass is 32.2. The highest BCUT2D eigenvalue weighted by Crippen LogP contribution is 2.28. The van der Waals surface area contributed by atoms with E-state index in [1.165, 1.54) is 11.8 Å². The van der Waals surface area contributed by atoms with E-state index in [9.17, 15) is 4.79 Å². The van der Waals surface area contributed by atoms with Crippen molar-refractivity contribution in [3.8, 4) is 5.75 Å². The molecule has 1 aromatic heterocycles. The van der Waals surface area contributed by atoms with Crippen LogP contribution in [0.5, 0.6) is 5.75 Å². The average Bonchev–Trinajstić information content (AvgIpc) is 3.31. The number of amidine groups is 1. The van der Waals surface area contributed by atoms with E-state index < -0.39 is 0 Å². The number of aromatic nitrogens is 1. The molecule has 2 heterocycles. The van der Waals surface area contributed by atoms with Crippen molar-refractivity contribution in [1.82, 2.24) is 10.1 Å². The van der Waals surface area contributed by atoms with Gasteiger partial charge in [-0.1, -0.05) is 59.4 Å². The number of thioether (sulfide) groups is 1. The van der Waals surface area contributed by atoms with Gasteiger partial charge in [-0.15, -0.1) is 0 Å². The van der Waals surface area contributed by atoms with Gasteiger partial charge >= 0.3 is 0 Å². The van der Waals surface area contributed by atoms with Gasteiger partial charge in [-0.2, -0.15) is 0 Å². The van der Waals surface area contributed by atoms with Gasteiger partial charge in [0.25, 0.3) is 5.91 Å². The van der Waals surface area contributed by atoms with Gasteiger partial charge in [0.15, 0.2) is 5.17 Å². The Bertz CT molecular complexity index is 1090. The molecule has 0 radical (unpaired) electrons. The molecule has 0 aliphatic carbocycles. The molecule has 4 rings (SSSR count). The first kappa shape index (κ1) is 20.0. The third-order valence-corrected chi connectivity index (χ3v) is 5.53. The standard InChI is InChI=1S/C23H21N3O3S/c1-16-12-20(29-25-16)15-30-23-24-21(13-17-8-10-19(28-2)11-9-17)22(27)26(23)14-18-6-4-3-5-7-18/h3-13H,14-15H2,1-2H3/b21-13-. The molecule has 0 atom stereocenters. The molecule has 0 saturated heterocycles. The molecule has 1 aliphatic heterocycles. The molecule has 0 bridgehead atoms. The Hall–Kier alpha value is -3.32. The first-order valence-corrected chi connectivity index (χ1v) is 10.5. The Morgan fingerprint density at radius 3 is 2.57 bits per heavy atom. The predicted octanol–water partition coefficient (Wildman–Crippen LogP) is 4.66. The molecule has 3 aromatic rings. The van der Waals surface area contributed by atoms with Crippen LogP contribution in [0.4, 0.5) is 0 Å². The second-order valence-electron chi connectivity index (χ2n) is 6.80. The third-order valence-electron chi connectivity index (χ3n) is 4.53. The summed E-state index contributed by atoms with van der Waals surface area (Å²) in [6.45, 7) is 2.34. The lowest BCUT2D eigenvalue weighted by atomic mass is 10.1. The Labute approximate surface area is 179 Å². The first-order chi connectivity index (χ1) is 14.6. The van der Waals surface area contributed by atoms with Gasteiger partial charge in [0.2, 0.25) is 0 Å². The third kappa shape index (κ3) is 4.63. The molecule has 0 spiro atoms. The molecule has 1 amide bonds. The number of benzene rings is 2. The topological polar surface area (TPSA) is 67.9 Å². The Morgan fingerprint density at radius 2 is 1.90 bits per heavy atom. The fourth-order valence-corrected chi connectivity index (χ4v) is 3.90. The van der Waals surface area contributed by atoms with Crippen molar-refractivity contribution in [2.75, 3.05) is 7.11 Å². The van der Waals surface area contributed by atoms with Gasteiger partial charge in [0, 0.05) is 6.07 Å². The summed E-state index contributed by atoms with van der Waals surface area (Å²) < 4.78 is 10.5. The van der Waals surface area contributed by atoms with E-state index in [2.05, 4.69) is 10.1 Å². The number of carbonyl (C=O) groups is 1. The molecule has 2 aromatic carbocycles. The minimum Gasteiger partial charge on any atom is -0.497 e. The Balaban J connectivity index is 1.59. The van der Waals surface area contributed by atoms with E-state index in [4.69, 9.17) is 9.26 Å². The monoisotopic (exact) mass is 419 g/mol. The SMILES string of the molecule is COc1ccc(/C=C2\N=C(SCc3cc(C)no3)N(Cc3ccccc3)C2=O)cc1. The molecule has 0 fully saturated rings. The van der Waals surface area contributed by atoms with Crippen molar-refractivity contribution in [3.63, 3.8) is 0 Å². The molecule has 0 N–H and O–H groups in total. The number of carbonyl (C=O) groups excluding carboxylic acids is 1. The molecule has 1 aliphatic rings. The van der Waals surface area contributed by atoms with Gasteiger partial charge in [0.05, 0.1) is 25.1 Å². The zero-order chi connectivity index (χ0) is 20.9. The lowest BCUT2D eigenvalue weighted by molar-refractivity contribution is -0.122. The van der Waals surface area contributed by atoms with E-state index in [0.717, 1.165) is 28.3 Å². The second kappa shape index (κ2) is 9.00. The number of aliphatic imine (C=N–C) groups is 1.